The highest BCUT2D eigenvalue weighted by atomic mass is 79.9. The van der Waals surface area contributed by atoms with Crippen LogP contribution < -0.4 is 15.4 Å². The molecule has 0 fully saturated rings. The Morgan fingerprint density at radius 3 is 2.79 bits per heavy atom. The van der Waals surface area contributed by atoms with Crippen LogP contribution in [0.25, 0.3) is 0 Å². The molecule has 0 spiro atoms. The largest absolute Gasteiger partial charge is 0.493 e. The van der Waals surface area contributed by atoms with Gasteiger partial charge in [-0.3, -0.25) is 4.79 Å². The van der Waals surface area contributed by atoms with Crippen molar-refractivity contribution in [1.82, 2.24) is 5.32 Å². The first-order chi connectivity index (χ1) is 13.8. The van der Waals surface area contributed by atoms with Crippen molar-refractivity contribution in [3.05, 3.63) is 44.2 Å². The van der Waals surface area contributed by atoms with E-state index in [9.17, 15) is 4.79 Å². The second kappa shape index (κ2) is 7.95. The second-order valence-electron chi connectivity index (χ2n) is 8.66. The van der Waals surface area contributed by atoms with Gasteiger partial charge in [-0.1, -0.05) is 43.1 Å². The van der Waals surface area contributed by atoms with E-state index in [0.717, 1.165) is 45.6 Å². The van der Waals surface area contributed by atoms with Crippen LogP contribution >= 0.6 is 27.3 Å². The third-order valence-electron chi connectivity index (χ3n) is 6.64. The Hall–Kier alpha value is -1.53. The minimum atomic E-state index is -0.294. The van der Waals surface area contributed by atoms with E-state index in [-0.39, 0.29) is 12.1 Å². The van der Waals surface area contributed by atoms with Gasteiger partial charge in [0.2, 0.25) is 0 Å². The van der Waals surface area contributed by atoms with E-state index in [0.29, 0.717) is 17.9 Å². The number of anilines is 1. The van der Waals surface area contributed by atoms with Crippen molar-refractivity contribution in [2.75, 3.05) is 11.9 Å². The van der Waals surface area contributed by atoms with Crippen molar-refractivity contribution in [2.45, 2.75) is 59.5 Å². The van der Waals surface area contributed by atoms with Crippen molar-refractivity contribution in [2.24, 2.45) is 11.3 Å². The van der Waals surface area contributed by atoms with E-state index >= 15 is 0 Å². The molecule has 0 saturated heterocycles. The fourth-order valence-electron chi connectivity index (χ4n) is 4.44. The minimum Gasteiger partial charge on any atom is -0.493 e. The highest BCUT2D eigenvalue weighted by molar-refractivity contribution is 9.10. The monoisotopic (exact) mass is 476 g/mol. The topological polar surface area (TPSA) is 50.4 Å². The summed E-state index contributed by atoms with van der Waals surface area (Å²) in [5.74, 6) is 1.49. The molecule has 1 aromatic heterocycles. The molecule has 0 radical (unpaired) electrons. The summed E-state index contributed by atoms with van der Waals surface area (Å²) in [7, 11) is 0. The Morgan fingerprint density at radius 1 is 1.28 bits per heavy atom. The van der Waals surface area contributed by atoms with Crippen molar-refractivity contribution < 1.29 is 9.53 Å². The lowest BCUT2D eigenvalue weighted by atomic mass is 9.69. The summed E-state index contributed by atoms with van der Waals surface area (Å²) in [6.45, 7) is 9.59. The molecule has 156 valence electrons. The molecular formula is C23H29BrN2O2S. The molecule has 0 saturated carbocycles. The summed E-state index contributed by atoms with van der Waals surface area (Å²) in [5.41, 5.74) is 3.40. The van der Waals surface area contributed by atoms with Gasteiger partial charge in [0.25, 0.3) is 5.91 Å². The number of fused-ring (bicyclic) bond motifs is 3. The number of hydrogen-bond donors (Lipinski definition) is 2. The van der Waals surface area contributed by atoms with Gasteiger partial charge in [0.1, 0.15) is 16.9 Å². The standard InChI is InChI=1S/C23H29BrN2O2S/c1-5-23(3,4)13-7-9-15-18(11-13)29-22-19(15)21(27)25-20(26-22)16-12-14(24)8-10-17(16)28-6-2/h8,10,12-13,20,26H,5-7,9,11H2,1-4H3,(H,25,27)/t13-,20+/m1/s1. The van der Waals surface area contributed by atoms with Gasteiger partial charge < -0.3 is 15.4 Å². The van der Waals surface area contributed by atoms with Crippen molar-refractivity contribution in [1.29, 1.82) is 0 Å². The van der Waals surface area contributed by atoms with Crippen molar-refractivity contribution in [3.8, 4) is 5.75 Å². The summed E-state index contributed by atoms with van der Waals surface area (Å²) in [4.78, 5) is 14.5. The molecule has 2 heterocycles. The number of carbonyl (C=O) groups excluding carboxylic acids is 1. The quantitative estimate of drug-likeness (QED) is 0.531. The van der Waals surface area contributed by atoms with Crippen LogP contribution in [0.5, 0.6) is 5.75 Å². The van der Waals surface area contributed by atoms with E-state index in [4.69, 9.17) is 4.74 Å². The first kappa shape index (κ1) is 20.7. The van der Waals surface area contributed by atoms with Gasteiger partial charge in [0.15, 0.2) is 0 Å². The number of carbonyl (C=O) groups is 1. The van der Waals surface area contributed by atoms with Gasteiger partial charge in [-0.15, -0.1) is 11.3 Å². The average Bonchev–Trinajstić information content (AvgIpc) is 3.07. The minimum absolute atomic E-state index is 0.0249. The number of hydrogen-bond acceptors (Lipinski definition) is 4. The lowest BCUT2D eigenvalue weighted by Gasteiger charge is -2.36. The third kappa shape index (κ3) is 3.81. The maximum atomic E-state index is 13.1. The van der Waals surface area contributed by atoms with Crippen LogP contribution in [0.2, 0.25) is 0 Å². The fourth-order valence-corrected chi connectivity index (χ4v) is 6.17. The van der Waals surface area contributed by atoms with Crippen LogP contribution in [0.1, 0.15) is 73.1 Å². The molecule has 0 unspecified atom stereocenters. The Balaban J connectivity index is 1.65. The highest BCUT2D eigenvalue weighted by Crippen LogP contribution is 2.47. The second-order valence-corrected chi connectivity index (χ2v) is 10.7. The molecule has 1 aromatic carbocycles. The number of benzene rings is 1. The van der Waals surface area contributed by atoms with E-state index in [2.05, 4.69) is 47.3 Å². The molecule has 1 aliphatic heterocycles. The van der Waals surface area contributed by atoms with Crippen molar-refractivity contribution in [3.63, 3.8) is 0 Å². The molecule has 1 amide bonds. The third-order valence-corrected chi connectivity index (χ3v) is 8.32. The summed E-state index contributed by atoms with van der Waals surface area (Å²) in [6, 6.07) is 5.93. The van der Waals surface area contributed by atoms with Crippen LogP contribution in [-0.4, -0.2) is 12.5 Å². The average molecular weight is 477 g/mol. The molecule has 2 aliphatic rings. The first-order valence-electron chi connectivity index (χ1n) is 10.5. The number of halogens is 1. The Bertz CT molecular complexity index is 937. The van der Waals surface area contributed by atoms with Crippen LogP contribution in [0, 0.1) is 11.3 Å². The molecule has 1 aliphatic carbocycles. The predicted molar refractivity (Wildman–Crippen MR) is 123 cm³/mol. The Kier molecular flexibility index (Phi) is 5.68. The summed E-state index contributed by atoms with van der Waals surface area (Å²) in [6.07, 6.45) is 4.12. The normalized spacial score (nSPS) is 21.1. The van der Waals surface area contributed by atoms with E-state index in [1.165, 1.54) is 16.9 Å². The van der Waals surface area contributed by atoms with Crippen LogP contribution in [0.15, 0.2) is 22.7 Å². The van der Waals surface area contributed by atoms with E-state index in [1.54, 1.807) is 11.3 Å². The first-order valence-corrected chi connectivity index (χ1v) is 12.1. The number of amides is 1. The molecule has 2 aromatic rings. The molecule has 2 N–H and O–H groups in total. The van der Waals surface area contributed by atoms with Gasteiger partial charge in [-0.2, -0.15) is 0 Å². The Labute approximate surface area is 185 Å². The van der Waals surface area contributed by atoms with Gasteiger partial charge in [0.05, 0.1) is 12.2 Å². The van der Waals surface area contributed by atoms with Crippen molar-refractivity contribution >= 4 is 38.2 Å². The molecular weight excluding hydrogens is 448 g/mol. The summed E-state index contributed by atoms with van der Waals surface area (Å²) in [5, 5.41) is 7.74. The predicted octanol–water partition coefficient (Wildman–Crippen LogP) is 6.30. The van der Waals surface area contributed by atoms with Crippen LogP contribution in [0.4, 0.5) is 5.00 Å². The Morgan fingerprint density at radius 2 is 2.07 bits per heavy atom. The SMILES string of the molecule is CCOc1ccc(Br)cc1[C@H]1NC(=O)c2c(sc3c2CC[C@@H](C(C)(C)CC)C3)N1. The van der Waals surface area contributed by atoms with Crippen LogP contribution in [0.3, 0.4) is 0 Å². The molecule has 4 rings (SSSR count). The van der Waals surface area contributed by atoms with Gasteiger partial charge in [-0.25, -0.2) is 0 Å². The molecule has 2 atom stereocenters. The van der Waals surface area contributed by atoms with Gasteiger partial charge in [-0.05, 0) is 61.3 Å². The molecule has 4 nitrogen and oxygen atoms in total. The maximum Gasteiger partial charge on any atom is 0.256 e. The number of ether oxygens (including phenoxy) is 1. The summed E-state index contributed by atoms with van der Waals surface area (Å²) >= 11 is 5.31. The van der Waals surface area contributed by atoms with E-state index < -0.39 is 0 Å². The lowest BCUT2D eigenvalue weighted by Crippen LogP contribution is -2.38. The maximum absolute atomic E-state index is 13.1. The van der Waals surface area contributed by atoms with Crippen LogP contribution in [-0.2, 0) is 12.8 Å². The number of rotatable bonds is 5. The number of nitrogens with one attached hydrogen (secondary N) is 2. The lowest BCUT2D eigenvalue weighted by molar-refractivity contribution is 0.0934. The smallest absolute Gasteiger partial charge is 0.256 e. The highest BCUT2D eigenvalue weighted by Gasteiger charge is 2.37. The zero-order chi connectivity index (χ0) is 20.8. The molecule has 29 heavy (non-hydrogen) atoms. The molecule has 0 bridgehead atoms. The zero-order valence-corrected chi connectivity index (χ0v) is 19.9. The fraction of sp³-hybridized carbons (Fsp3) is 0.522. The zero-order valence-electron chi connectivity index (χ0n) is 17.5. The van der Waals surface area contributed by atoms with Gasteiger partial charge >= 0.3 is 0 Å². The van der Waals surface area contributed by atoms with E-state index in [1.807, 2.05) is 25.1 Å². The molecule has 6 heteroatoms. The van der Waals surface area contributed by atoms with Gasteiger partial charge in [0, 0.05) is 14.9 Å². The number of thiophene rings is 1. The summed E-state index contributed by atoms with van der Waals surface area (Å²) < 4.78 is 6.77.